The number of anilines is 1. The molecule has 2 aromatic rings. The van der Waals surface area contributed by atoms with Gasteiger partial charge in [-0.2, -0.15) is 0 Å². The molecule has 1 amide bonds. The summed E-state index contributed by atoms with van der Waals surface area (Å²) in [6.45, 7) is 0. The van der Waals surface area contributed by atoms with Crippen LogP contribution in [0.25, 0.3) is 0 Å². The average molecular weight is 392 g/mol. The van der Waals surface area contributed by atoms with E-state index >= 15 is 0 Å². The van der Waals surface area contributed by atoms with Crippen LogP contribution in [0, 0.1) is 9.39 Å². The lowest BCUT2D eigenvalue weighted by atomic mass is 10.2. The van der Waals surface area contributed by atoms with E-state index in [4.69, 9.17) is 11.6 Å². The highest BCUT2D eigenvalue weighted by Gasteiger charge is 2.10. The Balaban J connectivity index is 2.23. The zero-order valence-electron chi connectivity index (χ0n) is 9.45. The van der Waals surface area contributed by atoms with Crippen LogP contribution in [0.3, 0.4) is 0 Å². The molecule has 19 heavy (non-hydrogen) atoms. The van der Waals surface area contributed by atoms with Crippen LogP contribution in [0.15, 0.2) is 36.4 Å². The van der Waals surface area contributed by atoms with Crippen LogP contribution in [0.4, 0.5) is 10.1 Å². The summed E-state index contributed by atoms with van der Waals surface area (Å²) in [6, 6.07) is 8.25. The number of phenolic OH excluding ortho intramolecular Hbond substituents is 1. The Morgan fingerprint density at radius 1 is 1.26 bits per heavy atom. The summed E-state index contributed by atoms with van der Waals surface area (Å²) in [4.78, 5) is 11.9. The molecule has 98 valence electrons. The Morgan fingerprint density at radius 3 is 2.63 bits per heavy atom. The minimum Gasteiger partial charge on any atom is -0.507 e. The molecule has 3 nitrogen and oxygen atoms in total. The summed E-state index contributed by atoms with van der Waals surface area (Å²) in [5.41, 5.74) is 0.601. The predicted octanol–water partition coefficient (Wildman–Crippen LogP) is 4.04. The van der Waals surface area contributed by atoms with Gasteiger partial charge in [0.2, 0.25) is 0 Å². The number of amides is 1. The molecule has 0 saturated heterocycles. The van der Waals surface area contributed by atoms with E-state index in [1.54, 1.807) is 12.1 Å². The van der Waals surface area contributed by atoms with Crippen molar-refractivity contribution in [2.24, 2.45) is 0 Å². The number of nitrogens with one attached hydrogen (secondary N) is 1. The number of hydrogen-bond acceptors (Lipinski definition) is 2. The third kappa shape index (κ3) is 3.36. The second kappa shape index (κ2) is 5.75. The van der Waals surface area contributed by atoms with Gasteiger partial charge in [0, 0.05) is 5.56 Å². The van der Waals surface area contributed by atoms with E-state index in [0.29, 0.717) is 14.8 Å². The third-order valence-corrected chi connectivity index (χ3v) is 3.61. The number of aromatic hydroxyl groups is 1. The zero-order chi connectivity index (χ0) is 14.0. The summed E-state index contributed by atoms with van der Waals surface area (Å²) in [7, 11) is 0. The maximum atomic E-state index is 12.9. The van der Waals surface area contributed by atoms with Gasteiger partial charge < -0.3 is 10.4 Å². The molecule has 0 atom stereocenters. The van der Waals surface area contributed by atoms with Gasteiger partial charge in [0.15, 0.2) is 0 Å². The molecule has 0 aromatic heterocycles. The lowest BCUT2D eigenvalue weighted by Crippen LogP contribution is -2.12. The van der Waals surface area contributed by atoms with Crippen molar-refractivity contribution >= 4 is 45.8 Å². The number of benzene rings is 2. The second-order valence-electron chi connectivity index (χ2n) is 3.74. The summed E-state index contributed by atoms with van der Waals surface area (Å²) in [5, 5.41) is 12.2. The first-order valence-electron chi connectivity index (χ1n) is 5.22. The molecule has 0 spiro atoms. The number of carbonyl (C=O) groups is 1. The fourth-order valence-electron chi connectivity index (χ4n) is 1.44. The van der Waals surface area contributed by atoms with Crippen molar-refractivity contribution in [2.45, 2.75) is 0 Å². The topological polar surface area (TPSA) is 49.3 Å². The van der Waals surface area contributed by atoms with E-state index in [9.17, 15) is 14.3 Å². The SMILES string of the molecule is O=C(Nc1ccc(F)cc1Cl)c1ccc(I)c(O)c1. The first-order chi connectivity index (χ1) is 8.97. The van der Waals surface area contributed by atoms with E-state index in [2.05, 4.69) is 5.32 Å². The van der Waals surface area contributed by atoms with Gasteiger partial charge in [-0.25, -0.2) is 4.39 Å². The lowest BCUT2D eigenvalue weighted by molar-refractivity contribution is 0.102. The molecule has 0 bridgehead atoms. The molecule has 2 N–H and O–H groups in total. The number of phenols is 1. The van der Waals surface area contributed by atoms with E-state index in [0.717, 1.165) is 6.07 Å². The fraction of sp³-hybridized carbons (Fsp3) is 0. The zero-order valence-corrected chi connectivity index (χ0v) is 12.4. The van der Waals surface area contributed by atoms with Crippen LogP contribution in [0.5, 0.6) is 5.75 Å². The second-order valence-corrected chi connectivity index (χ2v) is 5.31. The molecule has 0 heterocycles. The Hall–Kier alpha value is -1.34. The highest BCUT2D eigenvalue weighted by atomic mass is 127. The van der Waals surface area contributed by atoms with Gasteiger partial charge >= 0.3 is 0 Å². The van der Waals surface area contributed by atoms with E-state index < -0.39 is 11.7 Å². The predicted molar refractivity (Wildman–Crippen MR) is 80.2 cm³/mol. The average Bonchev–Trinajstić information content (AvgIpc) is 2.36. The summed E-state index contributed by atoms with van der Waals surface area (Å²) in [5.74, 6) is -0.881. The number of halogens is 3. The van der Waals surface area contributed by atoms with Crippen molar-refractivity contribution in [3.8, 4) is 5.75 Å². The smallest absolute Gasteiger partial charge is 0.255 e. The minimum absolute atomic E-state index is 0.0263. The molecule has 0 aliphatic heterocycles. The Labute approximate surface area is 127 Å². The molecular formula is C13H8ClFINO2. The van der Waals surface area contributed by atoms with Crippen LogP contribution >= 0.6 is 34.2 Å². The molecule has 6 heteroatoms. The maximum Gasteiger partial charge on any atom is 0.255 e. The first-order valence-corrected chi connectivity index (χ1v) is 6.68. The van der Waals surface area contributed by atoms with Crippen LogP contribution in [-0.2, 0) is 0 Å². The Kier molecular flexibility index (Phi) is 4.26. The van der Waals surface area contributed by atoms with Crippen LogP contribution < -0.4 is 5.32 Å². The van der Waals surface area contributed by atoms with Gasteiger partial charge in [-0.3, -0.25) is 4.79 Å². The van der Waals surface area contributed by atoms with Crippen molar-refractivity contribution in [1.82, 2.24) is 0 Å². The lowest BCUT2D eigenvalue weighted by Gasteiger charge is -2.08. The summed E-state index contributed by atoms with van der Waals surface area (Å²) >= 11 is 7.76. The molecular weight excluding hydrogens is 384 g/mol. The molecule has 0 fully saturated rings. The maximum absolute atomic E-state index is 12.9. The van der Waals surface area contributed by atoms with Gasteiger partial charge in [-0.1, -0.05) is 11.6 Å². The van der Waals surface area contributed by atoms with Crippen LogP contribution in [0.1, 0.15) is 10.4 Å². The first kappa shape index (κ1) is 14.1. The summed E-state index contributed by atoms with van der Waals surface area (Å²) < 4.78 is 13.5. The highest BCUT2D eigenvalue weighted by Crippen LogP contribution is 2.24. The largest absolute Gasteiger partial charge is 0.507 e. The molecule has 2 aromatic carbocycles. The van der Waals surface area contributed by atoms with Gasteiger partial charge in [0.1, 0.15) is 11.6 Å². The van der Waals surface area contributed by atoms with E-state index in [1.165, 1.54) is 18.2 Å². The summed E-state index contributed by atoms with van der Waals surface area (Å²) in [6.07, 6.45) is 0. The number of hydrogen-bond donors (Lipinski definition) is 2. The van der Waals surface area contributed by atoms with Gasteiger partial charge in [0.25, 0.3) is 5.91 Å². The standard InChI is InChI=1S/C13H8ClFINO2/c14-9-6-8(15)2-4-11(9)17-13(19)7-1-3-10(16)12(18)5-7/h1-6,18H,(H,17,19). The molecule has 0 saturated carbocycles. The Morgan fingerprint density at radius 2 is 2.00 bits per heavy atom. The van der Waals surface area contributed by atoms with Crippen LogP contribution in [0.2, 0.25) is 5.02 Å². The molecule has 0 aliphatic rings. The molecule has 0 aliphatic carbocycles. The van der Waals surface area contributed by atoms with Crippen molar-refractivity contribution < 1.29 is 14.3 Å². The fourth-order valence-corrected chi connectivity index (χ4v) is 1.99. The van der Waals surface area contributed by atoms with E-state index in [1.807, 2.05) is 22.6 Å². The number of carbonyl (C=O) groups excluding carboxylic acids is 1. The van der Waals surface area contributed by atoms with Crippen molar-refractivity contribution in [3.63, 3.8) is 0 Å². The third-order valence-electron chi connectivity index (χ3n) is 2.39. The van der Waals surface area contributed by atoms with Gasteiger partial charge in [-0.05, 0) is 59.0 Å². The van der Waals surface area contributed by atoms with Gasteiger partial charge in [0.05, 0.1) is 14.3 Å². The number of rotatable bonds is 2. The molecule has 2 rings (SSSR count). The van der Waals surface area contributed by atoms with E-state index in [-0.39, 0.29) is 10.8 Å². The highest BCUT2D eigenvalue weighted by molar-refractivity contribution is 14.1. The van der Waals surface area contributed by atoms with Crippen molar-refractivity contribution in [3.05, 3.63) is 56.4 Å². The van der Waals surface area contributed by atoms with Gasteiger partial charge in [-0.15, -0.1) is 0 Å². The van der Waals surface area contributed by atoms with Crippen molar-refractivity contribution in [1.29, 1.82) is 0 Å². The normalized spacial score (nSPS) is 10.3. The molecule has 0 unspecified atom stereocenters. The quantitative estimate of drug-likeness (QED) is 0.759. The van der Waals surface area contributed by atoms with Crippen molar-refractivity contribution in [2.75, 3.05) is 5.32 Å². The van der Waals surface area contributed by atoms with Crippen LogP contribution in [-0.4, -0.2) is 11.0 Å². The monoisotopic (exact) mass is 391 g/mol. The Bertz CT molecular complexity index is 649. The minimum atomic E-state index is -0.477. The molecule has 0 radical (unpaired) electrons.